The molecule has 1 aliphatic heterocycles. The Morgan fingerprint density at radius 1 is 1.37 bits per heavy atom. The Bertz CT molecular complexity index is 1050. The maximum Gasteiger partial charge on any atom is 0.433 e. The zero-order valence-electron chi connectivity index (χ0n) is 14.2. The molecule has 10 heteroatoms. The molecule has 0 spiro atoms. The van der Waals surface area contributed by atoms with Gasteiger partial charge in [0.15, 0.2) is 11.2 Å². The van der Waals surface area contributed by atoms with Gasteiger partial charge in [-0.3, -0.25) is 14.2 Å². The van der Waals surface area contributed by atoms with Gasteiger partial charge >= 0.3 is 6.18 Å². The Morgan fingerprint density at radius 2 is 2.19 bits per heavy atom. The van der Waals surface area contributed by atoms with E-state index in [1.165, 1.54) is 12.1 Å². The normalized spacial score (nSPS) is 18.2. The van der Waals surface area contributed by atoms with E-state index in [4.69, 9.17) is 4.74 Å². The highest BCUT2D eigenvalue weighted by Gasteiger charge is 2.36. The molecule has 4 heterocycles. The molecule has 0 radical (unpaired) electrons. The number of fused-ring (bicyclic) bond motifs is 1. The van der Waals surface area contributed by atoms with Crippen LogP contribution in [0.3, 0.4) is 0 Å². The molecule has 1 atom stereocenters. The average Bonchev–Trinajstić information content (AvgIpc) is 3.02. The minimum atomic E-state index is -4.61. The highest BCUT2D eigenvalue weighted by molar-refractivity contribution is 7.13. The molecule has 142 valence electrons. The third kappa shape index (κ3) is 3.19. The molecule has 3 aromatic rings. The molecule has 0 aliphatic carbocycles. The number of halogens is 3. The predicted molar refractivity (Wildman–Crippen MR) is 96.1 cm³/mol. The maximum absolute atomic E-state index is 13.5. The van der Waals surface area contributed by atoms with Crippen LogP contribution in [0, 0.1) is 0 Å². The van der Waals surface area contributed by atoms with Crippen LogP contribution in [0.4, 0.5) is 19.0 Å². The van der Waals surface area contributed by atoms with Crippen molar-refractivity contribution in [3.8, 4) is 11.1 Å². The van der Waals surface area contributed by atoms with E-state index in [-0.39, 0.29) is 22.7 Å². The molecule has 6 nitrogen and oxygen atoms in total. The van der Waals surface area contributed by atoms with Crippen molar-refractivity contribution < 1.29 is 17.9 Å². The summed E-state index contributed by atoms with van der Waals surface area (Å²) < 4.78 is 48.8. The lowest BCUT2D eigenvalue weighted by molar-refractivity contribution is -0.140. The second kappa shape index (κ2) is 6.61. The van der Waals surface area contributed by atoms with Gasteiger partial charge in [0.1, 0.15) is 5.82 Å². The lowest BCUT2D eigenvalue weighted by Crippen LogP contribution is -2.44. The van der Waals surface area contributed by atoms with Crippen molar-refractivity contribution in [2.75, 3.05) is 24.7 Å². The van der Waals surface area contributed by atoms with Gasteiger partial charge < -0.3 is 9.64 Å². The Balaban J connectivity index is 1.97. The molecule has 4 rings (SSSR count). The monoisotopic (exact) mass is 396 g/mol. The minimum absolute atomic E-state index is 0.00903. The molecule has 27 heavy (non-hydrogen) atoms. The number of anilines is 1. The lowest BCUT2D eigenvalue weighted by Gasteiger charge is -2.34. The molecule has 0 aromatic carbocycles. The Labute approximate surface area is 155 Å². The zero-order chi connectivity index (χ0) is 19.2. The number of nitrogens with one attached hydrogen (secondary N) is 1. The standard InChI is InChI=1S/C17H15F3N4O2S/c1-9-8-26-6-5-24(9)12-7-11(14-13(22-12)16(25)23-27-14)10-3-2-4-21-15(10)17(18,19)20/h2-4,7,9H,5-6,8H2,1H3,(H,23,25)/t9-/m1/s1. The van der Waals surface area contributed by atoms with E-state index in [9.17, 15) is 18.0 Å². The Morgan fingerprint density at radius 3 is 2.93 bits per heavy atom. The van der Waals surface area contributed by atoms with Gasteiger partial charge in [0.25, 0.3) is 5.56 Å². The van der Waals surface area contributed by atoms with E-state index in [1.54, 1.807) is 6.07 Å². The molecule has 3 aromatic heterocycles. The first-order valence-electron chi connectivity index (χ1n) is 8.25. The summed E-state index contributed by atoms with van der Waals surface area (Å²) in [6.45, 7) is 3.45. The summed E-state index contributed by atoms with van der Waals surface area (Å²) in [6, 6.07) is 4.40. The molecule has 1 saturated heterocycles. The first kappa shape index (κ1) is 17.9. The van der Waals surface area contributed by atoms with E-state index in [1.807, 2.05) is 11.8 Å². The van der Waals surface area contributed by atoms with Gasteiger partial charge in [-0.05, 0) is 19.1 Å². The highest BCUT2D eigenvalue weighted by atomic mass is 32.1. The summed E-state index contributed by atoms with van der Waals surface area (Å²) >= 11 is 0.973. The van der Waals surface area contributed by atoms with Crippen LogP contribution in [0.5, 0.6) is 0 Å². The van der Waals surface area contributed by atoms with Crippen LogP contribution in [0.1, 0.15) is 12.6 Å². The van der Waals surface area contributed by atoms with Crippen LogP contribution < -0.4 is 10.5 Å². The number of rotatable bonds is 2. The summed E-state index contributed by atoms with van der Waals surface area (Å²) in [7, 11) is 0. The fourth-order valence-corrected chi connectivity index (χ4v) is 3.99. The molecule has 1 aliphatic rings. The number of aromatic nitrogens is 3. The van der Waals surface area contributed by atoms with Crippen molar-refractivity contribution >= 4 is 27.6 Å². The van der Waals surface area contributed by atoms with Crippen LogP contribution in [-0.2, 0) is 10.9 Å². The number of ether oxygens (including phenoxy) is 1. The summed E-state index contributed by atoms with van der Waals surface area (Å²) in [5.41, 5.74) is -1.06. The quantitative estimate of drug-likeness (QED) is 0.720. The van der Waals surface area contributed by atoms with E-state index >= 15 is 0 Å². The van der Waals surface area contributed by atoms with Crippen LogP contribution in [-0.4, -0.2) is 40.1 Å². The smallest absolute Gasteiger partial charge is 0.377 e. The summed E-state index contributed by atoms with van der Waals surface area (Å²) in [4.78, 5) is 22.1. The third-order valence-corrected chi connectivity index (χ3v) is 5.35. The number of alkyl halides is 3. The minimum Gasteiger partial charge on any atom is -0.377 e. The molecule has 0 amide bonds. The highest BCUT2D eigenvalue weighted by Crippen LogP contribution is 2.39. The van der Waals surface area contributed by atoms with Crippen molar-refractivity contribution in [1.82, 2.24) is 14.3 Å². The summed E-state index contributed by atoms with van der Waals surface area (Å²) in [5, 5.41) is 0. The number of morpholine rings is 1. The number of nitrogens with zero attached hydrogens (tertiary/aromatic N) is 3. The fourth-order valence-electron chi connectivity index (χ4n) is 3.19. The van der Waals surface area contributed by atoms with Crippen LogP contribution in [0.15, 0.2) is 29.2 Å². The van der Waals surface area contributed by atoms with Gasteiger partial charge in [0.05, 0.1) is 24.0 Å². The van der Waals surface area contributed by atoms with Crippen molar-refractivity contribution in [3.05, 3.63) is 40.4 Å². The molecular formula is C17H15F3N4O2S. The van der Waals surface area contributed by atoms with E-state index < -0.39 is 17.4 Å². The van der Waals surface area contributed by atoms with Gasteiger partial charge in [-0.25, -0.2) is 4.98 Å². The molecule has 0 saturated carbocycles. The maximum atomic E-state index is 13.5. The first-order valence-corrected chi connectivity index (χ1v) is 9.07. The number of hydrogen-bond donors (Lipinski definition) is 1. The predicted octanol–water partition coefficient (Wildman–Crippen LogP) is 3.29. The summed E-state index contributed by atoms with van der Waals surface area (Å²) in [6.07, 6.45) is -3.50. The van der Waals surface area contributed by atoms with Gasteiger partial charge in [0.2, 0.25) is 0 Å². The molecule has 0 unspecified atom stereocenters. The number of pyridine rings is 2. The topological polar surface area (TPSA) is 71.1 Å². The average molecular weight is 396 g/mol. The first-order chi connectivity index (χ1) is 12.9. The van der Waals surface area contributed by atoms with Crippen LogP contribution in [0.25, 0.3) is 21.3 Å². The second-order valence-electron chi connectivity index (χ2n) is 6.25. The van der Waals surface area contributed by atoms with Crippen molar-refractivity contribution in [2.45, 2.75) is 19.1 Å². The SMILES string of the molecule is C[C@@H]1COCCN1c1cc(-c2cccnc2C(F)(F)F)c2s[nH]c(=O)c2n1. The van der Waals surface area contributed by atoms with Gasteiger partial charge in [-0.2, -0.15) is 13.2 Å². The van der Waals surface area contributed by atoms with Gasteiger partial charge in [0, 0.05) is 23.9 Å². The molecule has 1 N–H and O–H groups in total. The van der Waals surface area contributed by atoms with Gasteiger partial charge in [-0.15, -0.1) is 0 Å². The Hall–Kier alpha value is -2.46. The number of H-pyrrole nitrogens is 1. The van der Waals surface area contributed by atoms with Crippen LogP contribution in [0.2, 0.25) is 0 Å². The zero-order valence-corrected chi connectivity index (χ0v) is 15.0. The van der Waals surface area contributed by atoms with Crippen molar-refractivity contribution in [1.29, 1.82) is 0 Å². The van der Waals surface area contributed by atoms with E-state index in [0.717, 1.165) is 17.7 Å². The molecular weight excluding hydrogens is 381 g/mol. The fraction of sp³-hybridized carbons (Fsp3) is 0.353. The second-order valence-corrected chi connectivity index (χ2v) is 7.07. The number of aromatic amines is 1. The van der Waals surface area contributed by atoms with Crippen molar-refractivity contribution in [2.24, 2.45) is 0 Å². The van der Waals surface area contributed by atoms with Crippen molar-refractivity contribution in [3.63, 3.8) is 0 Å². The summed E-state index contributed by atoms with van der Waals surface area (Å²) in [5.74, 6) is 0.453. The van der Waals surface area contributed by atoms with Crippen LogP contribution >= 0.6 is 11.5 Å². The lowest BCUT2D eigenvalue weighted by atomic mass is 10.0. The third-order valence-electron chi connectivity index (χ3n) is 4.45. The van der Waals surface area contributed by atoms with Gasteiger partial charge in [-0.1, -0.05) is 17.6 Å². The molecule has 1 fully saturated rings. The van der Waals surface area contributed by atoms with E-state index in [2.05, 4.69) is 14.3 Å². The number of hydrogen-bond acceptors (Lipinski definition) is 6. The largest absolute Gasteiger partial charge is 0.433 e. The van der Waals surface area contributed by atoms with E-state index in [0.29, 0.717) is 30.3 Å². The molecule has 0 bridgehead atoms. The Kier molecular flexibility index (Phi) is 4.39.